The number of carbonyl (C=O) groups excluding carboxylic acids is 1. The monoisotopic (exact) mass is 223 g/mol. The molecule has 0 aromatic heterocycles. The van der Waals surface area contributed by atoms with Gasteiger partial charge >= 0.3 is 0 Å². The fourth-order valence-corrected chi connectivity index (χ4v) is 3.33. The number of piperidine rings is 1. The van der Waals surface area contributed by atoms with Gasteiger partial charge < -0.3 is 0 Å². The summed E-state index contributed by atoms with van der Waals surface area (Å²) >= 11 is 0. The van der Waals surface area contributed by atoms with Crippen molar-refractivity contribution in [3.05, 3.63) is 0 Å². The van der Waals surface area contributed by atoms with Crippen LogP contribution in [-0.2, 0) is 4.79 Å². The van der Waals surface area contributed by atoms with Gasteiger partial charge in [-0.2, -0.15) is 0 Å². The Kier molecular flexibility index (Phi) is 4.39. The van der Waals surface area contributed by atoms with E-state index in [-0.39, 0.29) is 0 Å². The van der Waals surface area contributed by atoms with Gasteiger partial charge in [0.2, 0.25) is 0 Å². The first-order chi connectivity index (χ1) is 7.77. The fraction of sp³-hybridized carbons (Fsp3) is 0.929. The van der Waals surface area contributed by atoms with Crippen molar-refractivity contribution < 1.29 is 4.79 Å². The first kappa shape index (κ1) is 12.1. The Morgan fingerprint density at radius 2 is 1.69 bits per heavy atom. The molecule has 1 aliphatic heterocycles. The van der Waals surface area contributed by atoms with Crippen LogP contribution in [0.1, 0.15) is 64.7 Å². The van der Waals surface area contributed by atoms with Crippen LogP contribution in [0.5, 0.6) is 0 Å². The smallest absolute Gasteiger partial charge is 0.135 e. The third kappa shape index (κ3) is 3.07. The van der Waals surface area contributed by atoms with E-state index in [1.54, 1.807) is 0 Å². The lowest BCUT2D eigenvalue weighted by atomic mass is 9.92. The molecule has 0 aromatic rings. The molecule has 0 spiro atoms. The standard InChI is InChI=1S/C14H25NO/c1-12-11-14(16)9-10-15(12)13-7-5-3-2-4-6-8-13/h12-13H,2-11H2,1H3. The number of nitrogens with zero attached hydrogens (tertiary/aromatic N) is 1. The molecule has 0 radical (unpaired) electrons. The second kappa shape index (κ2) is 5.81. The Bertz CT molecular complexity index is 231. The molecule has 0 bridgehead atoms. The molecule has 0 aromatic carbocycles. The summed E-state index contributed by atoms with van der Waals surface area (Å²) in [5, 5.41) is 0. The van der Waals surface area contributed by atoms with Gasteiger partial charge in [0.1, 0.15) is 5.78 Å². The van der Waals surface area contributed by atoms with Gasteiger partial charge in [0.25, 0.3) is 0 Å². The number of carbonyl (C=O) groups is 1. The number of likely N-dealkylation sites (tertiary alicyclic amines) is 1. The van der Waals surface area contributed by atoms with E-state index in [0.29, 0.717) is 11.8 Å². The fourth-order valence-electron chi connectivity index (χ4n) is 3.33. The van der Waals surface area contributed by atoms with Gasteiger partial charge in [0.15, 0.2) is 0 Å². The molecule has 1 unspecified atom stereocenters. The van der Waals surface area contributed by atoms with Crippen LogP contribution in [0.4, 0.5) is 0 Å². The molecular weight excluding hydrogens is 198 g/mol. The van der Waals surface area contributed by atoms with Crippen molar-refractivity contribution in [1.29, 1.82) is 0 Å². The minimum atomic E-state index is 0.467. The minimum Gasteiger partial charge on any atom is -0.300 e. The second-order valence-corrected chi connectivity index (χ2v) is 5.58. The lowest BCUT2D eigenvalue weighted by Crippen LogP contribution is -2.47. The van der Waals surface area contributed by atoms with Crippen molar-refractivity contribution in [3.63, 3.8) is 0 Å². The van der Waals surface area contributed by atoms with Gasteiger partial charge in [-0.05, 0) is 19.8 Å². The van der Waals surface area contributed by atoms with Crippen molar-refractivity contribution in [2.24, 2.45) is 0 Å². The van der Waals surface area contributed by atoms with Gasteiger partial charge in [0, 0.05) is 31.5 Å². The summed E-state index contributed by atoms with van der Waals surface area (Å²) in [5.74, 6) is 0.467. The topological polar surface area (TPSA) is 20.3 Å². The summed E-state index contributed by atoms with van der Waals surface area (Å²) in [7, 11) is 0. The van der Waals surface area contributed by atoms with Crippen LogP contribution in [0.3, 0.4) is 0 Å². The van der Waals surface area contributed by atoms with Crippen LogP contribution in [0.2, 0.25) is 0 Å². The second-order valence-electron chi connectivity index (χ2n) is 5.58. The molecule has 16 heavy (non-hydrogen) atoms. The zero-order chi connectivity index (χ0) is 11.4. The van der Waals surface area contributed by atoms with Gasteiger partial charge in [-0.1, -0.05) is 32.1 Å². The summed E-state index contributed by atoms with van der Waals surface area (Å²) in [4.78, 5) is 14.0. The Hall–Kier alpha value is -0.370. The molecule has 2 rings (SSSR count). The van der Waals surface area contributed by atoms with Crippen LogP contribution in [0.25, 0.3) is 0 Å². The molecule has 2 heteroatoms. The van der Waals surface area contributed by atoms with Crippen LogP contribution in [0.15, 0.2) is 0 Å². The maximum atomic E-state index is 11.4. The van der Waals surface area contributed by atoms with Crippen molar-refractivity contribution in [2.75, 3.05) is 6.54 Å². The summed E-state index contributed by atoms with van der Waals surface area (Å²) < 4.78 is 0. The van der Waals surface area contributed by atoms with E-state index in [0.717, 1.165) is 25.4 Å². The average molecular weight is 223 g/mol. The molecule has 1 saturated carbocycles. The summed E-state index contributed by atoms with van der Waals surface area (Å²) in [6.45, 7) is 3.25. The van der Waals surface area contributed by atoms with Crippen molar-refractivity contribution >= 4 is 5.78 Å². The summed E-state index contributed by atoms with van der Waals surface area (Å²) in [6, 6.07) is 1.26. The van der Waals surface area contributed by atoms with Gasteiger partial charge in [0.05, 0.1) is 0 Å². The van der Waals surface area contributed by atoms with E-state index in [9.17, 15) is 4.79 Å². The van der Waals surface area contributed by atoms with E-state index >= 15 is 0 Å². The quantitative estimate of drug-likeness (QED) is 0.680. The van der Waals surface area contributed by atoms with E-state index < -0.39 is 0 Å². The number of hydrogen-bond donors (Lipinski definition) is 0. The van der Waals surface area contributed by atoms with Crippen LogP contribution >= 0.6 is 0 Å². The van der Waals surface area contributed by atoms with E-state index in [2.05, 4.69) is 11.8 Å². The zero-order valence-electron chi connectivity index (χ0n) is 10.6. The van der Waals surface area contributed by atoms with E-state index in [4.69, 9.17) is 0 Å². The first-order valence-corrected chi connectivity index (χ1v) is 7.05. The highest BCUT2D eigenvalue weighted by atomic mass is 16.1. The highest BCUT2D eigenvalue weighted by Gasteiger charge is 2.29. The number of Topliss-reactive ketones (excluding diaryl/α,β-unsaturated/α-hetero) is 1. The van der Waals surface area contributed by atoms with Crippen molar-refractivity contribution in [1.82, 2.24) is 4.90 Å². The molecule has 92 valence electrons. The molecule has 0 amide bonds. The van der Waals surface area contributed by atoms with E-state index in [1.165, 1.54) is 44.9 Å². The maximum absolute atomic E-state index is 11.4. The largest absolute Gasteiger partial charge is 0.300 e. The molecule has 1 aliphatic carbocycles. The minimum absolute atomic E-state index is 0.467. The van der Waals surface area contributed by atoms with Crippen LogP contribution in [0, 0.1) is 0 Å². The molecule has 0 N–H and O–H groups in total. The van der Waals surface area contributed by atoms with Crippen LogP contribution in [-0.4, -0.2) is 29.3 Å². The third-order valence-corrected chi connectivity index (χ3v) is 4.28. The van der Waals surface area contributed by atoms with E-state index in [1.807, 2.05) is 0 Å². The van der Waals surface area contributed by atoms with Gasteiger partial charge in [-0.3, -0.25) is 9.69 Å². The molecule has 2 fully saturated rings. The predicted molar refractivity (Wildman–Crippen MR) is 66.5 cm³/mol. The maximum Gasteiger partial charge on any atom is 0.135 e. The molecule has 2 nitrogen and oxygen atoms in total. The molecule has 2 aliphatic rings. The average Bonchev–Trinajstić information content (AvgIpc) is 2.19. The predicted octanol–water partition coefficient (Wildman–Crippen LogP) is 3.15. The normalized spacial score (nSPS) is 31.1. The highest BCUT2D eigenvalue weighted by Crippen LogP contribution is 2.26. The first-order valence-electron chi connectivity index (χ1n) is 7.05. The number of hydrogen-bond acceptors (Lipinski definition) is 2. The lowest BCUT2D eigenvalue weighted by Gasteiger charge is -2.40. The lowest BCUT2D eigenvalue weighted by molar-refractivity contribution is -0.123. The Labute approximate surface area is 99.4 Å². The highest BCUT2D eigenvalue weighted by molar-refractivity contribution is 5.79. The molecular formula is C14H25NO. The summed E-state index contributed by atoms with van der Waals surface area (Å²) in [5.41, 5.74) is 0. The van der Waals surface area contributed by atoms with Crippen molar-refractivity contribution in [2.45, 2.75) is 76.8 Å². The van der Waals surface area contributed by atoms with Crippen molar-refractivity contribution in [3.8, 4) is 0 Å². The van der Waals surface area contributed by atoms with Gasteiger partial charge in [-0.25, -0.2) is 0 Å². The molecule has 1 saturated heterocycles. The Morgan fingerprint density at radius 1 is 1.06 bits per heavy atom. The Morgan fingerprint density at radius 3 is 2.31 bits per heavy atom. The zero-order valence-corrected chi connectivity index (χ0v) is 10.6. The van der Waals surface area contributed by atoms with Crippen LogP contribution < -0.4 is 0 Å². The summed E-state index contributed by atoms with van der Waals surface area (Å²) in [6.07, 6.45) is 11.3. The Balaban J connectivity index is 1.90. The SMILES string of the molecule is CC1CC(=O)CCN1C1CCCCCCC1. The third-order valence-electron chi connectivity index (χ3n) is 4.28. The number of rotatable bonds is 1. The molecule has 1 atom stereocenters. The number of ketones is 1. The molecule has 1 heterocycles. The van der Waals surface area contributed by atoms with Gasteiger partial charge in [-0.15, -0.1) is 0 Å².